The average molecular weight is 301 g/mol. The van der Waals surface area contributed by atoms with Crippen LogP contribution < -0.4 is 10.1 Å². The van der Waals surface area contributed by atoms with E-state index in [0.717, 1.165) is 11.3 Å². The smallest absolute Gasteiger partial charge is 0.391 e. The molecule has 2 nitrogen and oxygen atoms in total. The zero-order valence-corrected chi connectivity index (χ0v) is 12.2. The topological polar surface area (TPSA) is 21.3 Å². The van der Waals surface area contributed by atoms with Crippen LogP contribution >= 0.6 is 0 Å². The van der Waals surface area contributed by atoms with Gasteiger partial charge in [0.25, 0.3) is 0 Å². The molecular formula is C16H22F3NO. The van der Waals surface area contributed by atoms with E-state index in [0.29, 0.717) is 26.0 Å². The fourth-order valence-corrected chi connectivity index (χ4v) is 2.76. The number of benzene rings is 1. The maximum atomic E-state index is 12.6. The molecule has 21 heavy (non-hydrogen) atoms. The van der Waals surface area contributed by atoms with E-state index in [1.807, 2.05) is 31.2 Å². The monoisotopic (exact) mass is 301 g/mol. The van der Waals surface area contributed by atoms with Crippen molar-refractivity contribution in [2.24, 2.45) is 5.92 Å². The van der Waals surface area contributed by atoms with Gasteiger partial charge in [0.1, 0.15) is 12.4 Å². The Morgan fingerprint density at radius 3 is 2.52 bits per heavy atom. The molecule has 0 spiro atoms. The maximum Gasteiger partial charge on any atom is 0.391 e. The Morgan fingerprint density at radius 2 is 1.90 bits per heavy atom. The summed E-state index contributed by atoms with van der Waals surface area (Å²) >= 11 is 0. The van der Waals surface area contributed by atoms with Crippen LogP contribution in [0.1, 0.15) is 31.2 Å². The molecule has 0 atom stereocenters. The first-order chi connectivity index (χ1) is 9.95. The largest absolute Gasteiger partial charge is 0.492 e. The quantitative estimate of drug-likeness (QED) is 0.827. The summed E-state index contributed by atoms with van der Waals surface area (Å²) in [5.74, 6) is -0.281. The third-order valence-corrected chi connectivity index (χ3v) is 3.98. The van der Waals surface area contributed by atoms with E-state index in [4.69, 9.17) is 4.74 Å². The highest BCUT2D eigenvalue weighted by Gasteiger charge is 2.41. The van der Waals surface area contributed by atoms with E-state index in [9.17, 15) is 13.2 Å². The number of hydrogen-bond donors (Lipinski definition) is 1. The predicted octanol–water partition coefficient (Wildman–Crippen LogP) is 4.08. The van der Waals surface area contributed by atoms with Gasteiger partial charge in [0, 0.05) is 12.6 Å². The molecular weight excluding hydrogens is 279 g/mol. The molecule has 0 saturated heterocycles. The second-order valence-electron chi connectivity index (χ2n) is 5.71. The molecule has 1 aliphatic carbocycles. The lowest BCUT2D eigenvalue weighted by molar-refractivity contribution is -0.182. The molecule has 2 rings (SSSR count). The van der Waals surface area contributed by atoms with Gasteiger partial charge in [-0.3, -0.25) is 0 Å². The normalized spacial score (nSPS) is 23.0. The van der Waals surface area contributed by atoms with Gasteiger partial charge in [0.2, 0.25) is 0 Å². The van der Waals surface area contributed by atoms with Crippen LogP contribution in [-0.4, -0.2) is 25.4 Å². The van der Waals surface area contributed by atoms with Crippen molar-refractivity contribution in [2.45, 2.75) is 44.8 Å². The van der Waals surface area contributed by atoms with E-state index in [-0.39, 0.29) is 18.9 Å². The number of aryl methyl sites for hydroxylation is 1. The summed E-state index contributed by atoms with van der Waals surface area (Å²) in [6, 6.07) is 8.00. The lowest BCUT2D eigenvalue weighted by Gasteiger charge is -2.30. The van der Waals surface area contributed by atoms with Gasteiger partial charge < -0.3 is 10.1 Å². The number of hydrogen-bond acceptors (Lipinski definition) is 2. The third-order valence-electron chi connectivity index (χ3n) is 3.98. The molecule has 0 unspecified atom stereocenters. The summed E-state index contributed by atoms with van der Waals surface area (Å²) in [6.07, 6.45) is -2.37. The summed E-state index contributed by atoms with van der Waals surface area (Å²) in [6.45, 7) is 3.20. The van der Waals surface area contributed by atoms with Gasteiger partial charge in [0.05, 0.1) is 5.92 Å². The number of halogens is 3. The van der Waals surface area contributed by atoms with Crippen LogP contribution in [0, 0.1) is 12.8 Å². The van der Waals surface area contributed by atoms with Crippen LogP contribution in [0.15, 0.2) is 24.3 Å². The number of alkyl halides is 3. The van der Waals surface area contributed by atoms with Crippen LogP contribution in [-0.2, 0) is 0 Å². The lowest BCUT2D eigenvalue weighted by atomic mass is 9.85. The van der Waals surface area contributed by atoms with E-state index in [2.05, 4.69) is 5.32 Å². The van der Waals surface area contributed by atoms with Crippen molar-refractivity contribution in [3.05, 3.63) is 29.8 Å². The molecule has 0 heterocycles. The first-order valence-electron chi connectivity index (χ1n) is 7.45. The number of nitrogens with one attached hydrogen (secondary N) is 1. The minimum atomic E-state index is -4.03. The predicted molar refractivity (Wildman–Crippen MR) is 76.5 cm³/mol. The Bertz CT molecular complexity index is 439. The molecule has 1 aromatic carbocycles. The number of ether oxygens (including phenoxy) is 1. The highest BCUT2D eigenvalue weighted by Crippen LogP contribution is 2.37. The van der Waals surface area contributed by atoms with Crippen LogP contribution in [0.2, 0.25) is 0 Å². The summed E-state index contributed by atoms with van der Waals surface area (Å²) < 4.78 is 43.3. The molecule has 118 valence electrons. The molecule has 5 heteroatoms. The molecule has 0 amide bonds. The highest BCUT2D eigenvalue weighted by atomic mass is 19.4. The van der Waals surface area contributed by atoms with Crippen molar-refractivity contribution < 1.29 is 17.9 Å². The standard InChI is InChI=1S/C16H22F3NO/c1-12-3-2-4-15(11-12)21-10-9-20-14-7-5-13(6-8-14)16(17,18)19/h2-4,11,13-14,20H,5-10H2,1H3. The Hall–Kier alpha value is -1.23. The molecule has 0 aliphatic heterocycles. The minimum absolute atomic E-state index is 0.185. The lowest BCUT2D eigenvalue weighted by Crippen LogP contribution is -2.38. The van der Waals surface area contributed by atoms with Crippen molar-refractivity contribution in [2.75, 3.05) is 13.2 Å². The maximum absolute atomic E-state index is 12.6. The van der Waals surface area contributed by atoms with Gasteiger partial charge in [-0.2, -0.15) is 13.2 Å². The van der Waals surface area contributed by atoms with Crippen molar-refractivity contribution in [3.8, 4) is 5.75 Å². The van der Waals surface area contributed by atoms with Crippen molar-refractivity contribution >= 4 is 0 Å². The zero-order chi connectivity index (χ0) is 15.3. The Labute approximate surface area is 123 Å². The van der Waals surface area contributed by atoms with Gasteiger partial charge in [-0.25, -0.2) is 0 Å². The Morgan fingerprint density at radius 1 is 1.19 bits per heavy atom. The van der Waals surface area contributed by atoms with Gasteiger partial charge in [-0.15, -0.1) is 0 Å². The molecule has 1 aliphatic rings. The Balaban J connectivity index is 1.62. The van der Waals surface area contributed by atoms with Crippen molar-refractivity contribution in [3.63, 3.8) is 0 Å². The van der Waals surface area contributed by atoms with Crippen LogP contribution in [0.5, 0.6) is 5.75 Å². The summed E-state index contributed by atoms with van der Waals surface area (Å²) in [5, 5.41) is 3.29. The minimum Gasteiger partial charge on any atom is -0.492 e. The molecule has 0 radical (unpaired) electrons. The van der Waals surface area contributed by atoms with E-state index >= 15 is 0 Å². The van der Waals surface area contributed by atoms with E-state index < -0.39 is 12.1 Å². The van der Waals surface area contributed by atoms with Crippen molar-refractivity contribution in [1.29, 1.82) is 0 Å². The van der Waals surface area contributed by atoms with E-state index in [1.54, 1.807) is 0 Å². The molecule has 0 aromatic heterocycles. The first-order valence-corrected chi connectivity index (χ1v) is 7.45. The van der Waals surface area contributed by atoms with Gasteiger partial charge in [0.15, 0.2) is 0 Å². The van der Waals surface area contributed by atoms with Gasteiger partial charge >= 0.3 is 6.18 Å². The SMILES string of the molecule is Cc1cccc(OCCNC2CCC(C(F)(F)F)CC2)c1. The first kappa shape index (κ1) is 16.1. The summed E-state index contributed by atoms with van der Waals surface area (Å²) in [4.78, 5) is 0. The second-order valence-corrected chi connectivity index (χ2v) is 5.71. The fraction of sp³-hybridized carbons (Fsp3) is 0.625. The van der Waals surface area contributed by atoms with Crippen LogP contribution in [0.4, 0.5) is 13.2 Å². The number of rotatable bonds is 5. The average Bonchev–Trinajstić information content (AvgIpc) is 2.43. The zero-order valence-electron chi connectivity index (χ0n) is 12.2. The molecule has 1 aromatic rings. The van der Waals surface area contributed by atoms with Gasteiger partial charge in [-0.05, 0) is 50.3 Å². The third kappa shape index (κ3) is 5.23. The van der Waals surface area contributed by atoms with Crippen LogP contribution in [0.3, 0.4) is 0 Å². The fourth-order valence-electron chi connectivity index (χ4n) is 2.76. The summed E-state index contributed by atoms with van der Waals surface area (Å²) in [5.41, 5.74) is 1.14. The highest BCUT2D eigenvalue weighted by molar-refractivity contribution is 5.27. The van der Waals surface area contributed by atoms with Gasteiger partial charge in [-0.1, -0.05) is 12.1 Å². The molecule has 1 saturated carbocycles. The molecule has 1 fully saturated rings. The van der Waals surface area contributed by atoms with E-state index in [1.165, 1.54) is 0 Å². The Kier molecular flexibility index (Phi) is 5.51. The second kappa shape index (κ2) is 7.16. The van der Waals surface area contributed by atoms with Crippen LogP contribution in [0.25, 0.3) is 0 Å². The molecule has 0 bridgehead atoms. The van der Waals surface area contributed by atoms with Crippen molar-refractivity contribution in [1.82, 2.24) is 5.32 Å². The molecule has 1 N–H and O–H groups in total. The summed E-state index contributed by atoms with van der Waals surface area (Å²) in [7, 11) is 0.